The molecule has 0 aliphatic heterocycles. The first-order chi connectivity index (χ1) is 8.85. The fourth-order valence-electron chi connectivity index (χ4n) is 1.77. The van der Waals surface area contributed by atoms with Gasteiger partial charge in [-0.05, 0) is 37.1 Å². The van der Waals surface area contributed by atoms with Crippen LogP contribution in [0.5, 0.6) is 0 Å². The van der Waals surface area contributed by atoms with Crippen molar-refractivity contribution in [1.82, 2.24) is 9.97 Å². The molecular weight excluding hydrogens is 224 g/mol. The molecule has 2 heterocycles. The van der Waals surface area contributed by atoms with Crippen LogP contribution in [-0.2, 0) is 0 Å². The Kier molecular flexibility index (Phi) is 4.12. The average molecular weight is 242 g/mol. The van der Waals surface area contributed by atoms with Gasteiger partial charge in [0.15, 0.2) is 0 Å². The molecule has 0 fully saturated rings. The molecule has 0 spiro atoms. The van der Waals surface area contributed by atoms with Crippen molar-refractivity contribution in [2.75, 3.05) is 0 Å². The summed E-state index contributed by atoms with van der Waals surface area (Å²) in [6.45, 7) is 4.16. The summed E-state index contributed by atoms with van der Waals surface area (Å²) in [4.78, 5) is 6.31. The van der Waals surface area contributed by atoms with Crippen LogP contribution in [0.15, 0.2) is 46.9 Å². The molecule has 4 nitrogen and oxygen atoms in total. The molecule has 0 saturated heterocycles. The summed E-state index contributed by atoms with van der Waals surface area (Å²) in [5.74, 6) is 0. The van der Waals surface area contributed by atoms with E-state index in [1.807, 2.05) is 36.7 Å². The molecule has 0 bridgehead atoms. The fourth-order valence-corrected chi connectivity index (χ4v) is 1.77. The Balaban J connectivity index is 2.26. The molecule has 0 unspecified atom stereocenters. The Bertz CT molecular complexity index is 468. The normalized spacial score (nSPS) is 13.0. The van der Waals surface area contributed by atoms with E-state index < -0.39 is 0 Å². The van der Waals surface area contributed by atoms with Crippen molar-refractivity contribution in [2.45, 2.75) is 26.7 Å². The zero-order valence-electron chi connectivity index (χ0n) is 10.8. The Morgan fingerprint density at radius 1 is 0.889 bits per heavy atom. The summed E-state index contributed by atoms with van der Waals surface area (Å²) >= 11 is 0. The summed E-state index contributed by atoms with van der Waals surface area (Å²) < 4.78 is 0. The number of rotatable bonds is 5. The molecule has 94 valence electrons. The second-order valence-electron chi connectivity index (χ2n) is 3.97. The van der Waals surface area contributed by atoms with Crippen LogP contribution in [0.2, 0.25) is 0 Å². The third-order valence-corrected chi connectivity index (χ3v) is 2.78. The van der Waals surface area contributed by atoms with Gasteiger partial charge in [0.25, 0.3) is 0 Å². The van der Waals surface area contributed by atoms with Crippen LogP contribution >= 0.6 is 0 Å². The minimum Gasteiger partial charge on any atom is -0.360 e. The summed E-state index contributed by atoms with van der Waals surface area (Å²) in [6.07, 6.45) is 5.50. The molecule has 0 amide bonds. The Morgan fingerprint density at radius 2 is 1.33 bits per heavy atom. The number of hydrogen-bond acceptors (Lipinski definition) is 2. The van der Waals surface area contributed by atoms with Gasteiger partial charge in [-0.3, -0.25) is 0 Å². The number of nitrogens with one attached hydrogen (secondary N) is 2. The van der Waals surface area contributed by atoms with Gasteiger partial charge in [-0.25, -0.2) is 0 Å². The molecule has 2 aromatic heterocycles. The molecule has 4 heteroatoms. The lowest BCUT2D eigenvalue weighted by Crippen LogP contribution is -2.02. The van der Waals surface area contributed by atoms with Gasteiger partial charge in [0.2, 0.25) is 0 Å². The highest BCUT2D eigenvalue weighted by Crippen LogP contribution is 2.05. The first-order valence-electron chi connectivity index (χ1n) is 6.26. The average Bonchev–Trinajstić information content (AvgIpc) is 3.07. The van der Waals surface area contributed by atoms with Crippen LogP contribution in [0.4, 0.5) is 0 Å². The summed E-state index contributed by atoms with van der Waals surface area (Å²) in [6, 6.07) is 7.96. The highest BCUT2D eigenvalue weighted by molar-refractivity contribution is 6.01. The lowest BCUT2D eigenvalue weighted by atomic mass is 10.2. The summed E-state index contributed by atoms with van der Waals surface area (Å²) in [7, 11) is 0. The monoisotopic (exact) mass is 242 g/mol. The lowest BCUT2D eigenvalue weighted by molar-refractivity contribution is 1.12. The van der Waals surface area contributed by atoms with Crippen LogP contribution in [-0.4, -0.2) is 21.4 Å². The molecule has 2 N–H and O–H groups in total. The zero-order chi connectivity index (χ0) is 12.8. The smallest absolute Gasteiger partial charge is 0.0861 e. The van der Waals surface area contributed by atoms with E-state index in [0.717, 1.165) is 35.7 Å². The standard InChI is InChI=1S/C14H18N4/c1-3-11(13-7-5-9-15-13)17-18-12(4-2)14-8-6-10-16-14/h5-10,15-16H,3-4H2,1-2H3/b17-11-,18-12-. The third kappa shape index (κ3) is 2.77. The second kappa shape index (κ2) is 6.00. The number of nitrogens with zero attached hydrogens (tertiary/aromatic N) is 2. The van der Waals surface area contributed by atoms with E-state index in [1.165, 1.54) is 0 Å². The maximum atomic E-state index is 4.37. The third-order valence-electron chi connectivity index (χ3n) is 2.78. The molecule has 2 rings (SSSR count). The van der Waals surface area contributed by atoms with Crippen molar-refractivity contribution in [2.24, 2.45) is 10.2 Å². The molecule has 18 heavy (non-hydrogen) atoms. The molecule has 0 radical (unpaired) electrons. The molecule has 0 aromatic carbocycles. The van der Waals surface area contributed by atoms with Gasteiger partial charge in [0.05, 0.1) is 22.8 Å². The Labute approximate surface area is 107 Å². The fraction of sp³-hybridized carbons (Fsp3) is 0.286. The predicted molar refractivity (Wildman–Crippen MR) is 75.2 cm³/mol. The van der Waals surface area contributed by atoms with Crippen molar-refractivity contribution in [3.63, 3.8) is 0 Å². The summed E-state index contributed by atoms with van der Waals surface area (Å²) in [5, 5.41) is 8.73. The van der Waals surface area contributed by atoms with Gasteiger partial charge in [0.1, 0.15) is 0 Å². The van der Waals surface area contributed by atoms with Gasteiger partial charge >= 0.3 is 0 Å². The minimum atomic E-state index is 0.853. The highest BCUT2D eigenvalue weighted by atomic mass is 15.2. The first kappa shape index (κ1) is 12.4. The van der Waals surface area contributed by atoms with Gasteiger partial charge in [-0.15, -0.1) is 0 Å². The van der Waals surface area contributed by atoms with Crippen molar-refractivity contribution in [1.29, 1.82) is 0 Å². The molecular formula is C14H18N4. The topological polar surface area (TPSA) is 56.3 Å². The predicted octanol–water partition coefficient (Wildman–Crippen LogP) is 3.36. The van der Waals surface area contributed by atoms with E-state index in [2.05, 4.69) is 34.0 Å². The van der Waals surface area contributed by atoms with E-state index in [4.69, 9.17) is 0 Å². The van der Waals surface area contributed by atoms with Gasteiger partial charge in [-0.2, -0.15) is 10.2 Å². The SMILES string of the molecule is CC/C(=N/N=C(/CC)c1ccc[nH]1)c1ccc[nH]1. The van der Waals surface area contributed by atoms with Crippen LogP contribution in [0.25, 0.3) is 0 Å². The molecule has 2 aromatic rings. The summed E-state index contributed by atoms with van der Waals surface area (Å²) in [5.41, 5.74) is 4.00. The van der Waals surface area contributed by atoms with Crippen molar-refractivity contribution in [3.05, 3.63) is 48.0 Å². The molecule has 0 atom stereocenters. The van der Waals surface area contributed by atoms with Gasteiger partial charge in [0, 0.05) is 12.4 Å². The quantitative estimate of drug-likeness (QED) is 0.596. The maximum absolute atomic E-state index is 4.37. The van der Waals surface area contributed by atoms with Crippen LogP contribution in [0.3, 0.4) is 0 Å². The highest BCUT2D eigenvalue weighted by Gasteiger charge is 2.03. The lowest BCUT2D eigenvalue weighted by Gasteiger charge is -2.00. The number of aromatic amines is 2. The van der Waals surface area contributed by atoms with E-state index in [0.29, 0.717) is 0 Å². The number of H-pyrrole nitrogens is 2. The maximum Gasteiger partial charge on any atom is 0.0861 e. The second-order valence-corrected chi connectivity index (χ2v) is 3.97. The number of aromatic nitrogens is 2. The molecule has 0 aliphatic carbocycles. The van der Waals surface area contributed by atoms with Crippen molar-refractivity contribution < 1.29 is 0 Å². The molecule has 0 aliphatic rings. The van der Waals surface area contributed by atoms with Gasteiger partial charge in [-0.1, -0.05) is 13.8 Å². The van der Waals surface area contributed by atoms with E-state index in [-0.39, 0.29) is 0 Å². The number of hydrogen-bond donors (Lipinski definition) is 2. The van der Waals surface area contributed by atoms with Crippen molar-refractivity contribution >= 4 is 11.4 Å². The first-order valence-corrected chi connectivity index (χ1v) is 6.26. The minimum absolute atomic E-state index is 0.853. The van der Waals surface area contributed by atoms with E-state index >= 15 is 0 Å². The van der Waals surface area contributed by atoms with E-state index in [9.17, 15) is 0 Å². The van der Waals surface area contributed by atoms with Crippen LogP contribution < -0.4 is 0 Å². The van der Waals surface area contributed by atoms with Crippen molar-refractivity contribution in [3.8, 4) is 0 Å². The van der Waals surface area contributed by atoms with Gasteiger partial charge < -0.3 is 9.97 Å². The largest absolute Gasteiger partial charge is 0.360 e. The van der Waals surface area contributed by atoms with E-state index in [1.54, 1.807) is 0 Å². The Morgan fingerprint density at radius 3 is 1.61 bits per heavy atom. The van der Waals surface area contributed by atoms with Crippen LogP contribution in [0, 0.1) is 0 Å². The zero-order valence-corrected chi connectivity index (χ0v) is 10.8. The Hall–Kier alpha value is -2.10. The molecule has 0 saturated carbocycles. The van der Waals surface area contributed by atoms with Crippen LogP contribution in [0.1, 0.15) is 38.1 Å².